The maximum atomic E-state index is 11.6. The van der Waals surface area contributed by atoms with Gasteiger partial charge in [-0.1, -0.05) is 84.5 Å². The second kappa shape index (κ2) is 17.8. The molecule has 0 spiro atoms. The Morgan fingerprint density at radius 1 is 0.720 bits per heavy atom. The fourth-order valence-corrected chi connectivity index (χ4v) is 3.09. The quantitative estimate of drug-likeness (QED) is 0.179. The van der Waals surface area contributed by atoms with E-state index in [-0.39, 0.29) is 6.10 Å². The molecule has 0 radical (unpaired) electrons. The summed E-state index contributed by atoms with van der Waals surface area (Å²) in [7, 11) is 0. The van der Waals surface area contributed by atoms with Crippen LogP contribution in [0.1, 0.15) is 117 Å². The van der Waals surface area contributed by atoms with Gasteiger partial charge in [0.15, 0.2) is 0 Å². The summed E-state index contributed by atoms with van der Waals surface area (Å²) in [5, 5.41) is 8.71. The average Bonchev–Trinajstić information content (AvgIpc) is 2.56. The number of aliphatic carboxylic acids is 1. The van der Waals surface area contributed by atoms with Gasteiger partial charge in [-0.15, -0.1) is 0 Å². The van der Waals surface area contributed by atoms with E-state index < -0.39 is 18.4 Å². The first-order valence-electron chi connectivity index (χ1n) is 10.5. The molecule has 0 aliphatic heterocycles. The van der Waals surface area contributed by atoms with Crippen LogP contribution in [0.5, 0.6) is 0 Å². The third-order valence-corrected chi connectivity index (χ3v) is 4.60. The van der Waals surface area contributed by atoms with Crippen LogP contribution in [0.25, 0.3) is 0 Å². The minimum Gasteiger partial charge on any atom is -0.481 e. The van der Waals surface area contributed by atoms with Gasteiger partial charge in [0.05, 0.1) is 0 Å². The summed E-state index contributed by atoms with van der Waals surface area (Å²) in [6, 6.07) is 0. The van der Waals surface area contributed by atoms with E-state index >= 15 is 0 Å². The molecule has 0 heterocycles. The van der Waals surface area contributed by atoms with E-state index in [0.29, 0.717) is 0 Å². The van der Waals surface area contributed by atoms with Gasteiger partial charge >= 0.3 is 11.9 Å². The molecule has 0 saturated carbocycles. The van der Waals surface area contributed by atoms with Gasteiger partial charge in [0.2, 0.25) is 0 Å². The van der Waals surface area contributed by atoms with Crippen molar-refractivity contribution in [2.24, 2.45) is 0 Å². The number of carbonyl (C=O) groups excluding carboxylic acids is 1. The van der Waals surface area contributed by atoms with Crippen molar-refractivity contribution in [3.63, 3.8) is 0 Å². The molecule has 0 aromatic carbocycles. The molecule has 0 aliphatic carbocycles. The molecule has 0 amide bonds. The van der Waals surface area contributed by atoms with Crippen LogP contribution in [0.4, 0.5) is 0 Å². The number of ether oxygens (including phenoxy) is 1. The third-order valence-electron chi connectivity index (χ3n) is 4.60. The van der Waals surface area contributed by atoms with E-state index in [1.165, 1.54) is 70.6 Å². The second-order valence-corrected chi connectivity index (χ2v) is 7.15. The predicted molar refractivity (Wildman–Crippen MR) is 103 cm³/mol. The van der Waals surface area contributed by atoms with Gasteiger partial charge < -0.3 is 9.84 Å². The van der Waals surface area contributed by atoms with Crippen molar-refractivity contribution in [3.8, 4) is 0 Å². The van der Waals surface area contributed by atoms with Crippen molar-refractivity contribution in [1.29, 1.82) is 0 Å². The van der Waals surface area contributed by atoms with Crippen LogP contribution < -0.4 is 0 Å². The Morgan fingerprint density at radius 2 is 1.12 bits per heavy atom. The summed E-state index contributed by atoms with van der Waals surface area (Å²) in [5.41, 5.74) is 0. The molecule has 4 heteroatoms. The molecule has 4 nitrogen and oxygen atoms in total. The van der Waals surface area contributed by atoms with Gasteiger partial charge in [-0.25, -0.2) is 0 Å². The van der Waals surface area contributed by atoms with Gasteiger partial charge in [0.1, 0.15) is 12.5 Å². The van der Waals surface area contributed by atoms with E-state index in [2.05, 4.69) is 13.8 Å². The Balaban J connectivity index is 3.98. The normalized spacial score (nSPS) is 12.1. The lowest BCUT2D eigenvalue weighted by Crippen LogP contribution is -2.20. The van der Waals surface area contributed by atoms with Crippen LogP contribution in [0, 0.1) is 0 Å². The minimum absolute atomic E-state index is 0.103. The van der Waals surface area contributed by atoms with E-state index in [9.17, 15) is 9.59 Å². The lowest BCUT2D eigenvalue weighted by molar-refractivity contribution is -0.155. The largest absolute Gasteiger partial charge is 0.481 e. The number of hydrogen-bond acceptors (Lipinski definition) is 3. The molecular formula is C21H40O4. The molecule has 0 saturated heterocycles. The number of carboxylic acids is 1. The molecule has 1 atom stereocenters. The summed E-state index contributed by atoms with van der Waals surface area (Å²) in [6.07, 6.45) is 17.0. The fourth-order valence-electron chi connectivity index (χ4n) is 3.09. The summed E-state index contributed by atoms with van der Waals surface area (Å²) in [5.74, 6) is -1.70. The first-order valence-corrected chi connectivity index (χ1v) is 10.5. The number of esters is 1. The van der Waals surface area contributed by atoms with Crippen molar-refractivity contribution in [2.45, 2.75) is 123 Å². The molecule has 148 valence electrons. The average molecular weight is 357 g/mol. The van der Waals surface area contributed by atoms with Crippen LogP contribution >= 0.6 is 0 Å². The molecule has 25 heavy (non-hydrogen) atoms. The van der Waals surface area contributed by atoms with Crippen LogP contribution in [-0.4, -0.2) is 23.1 Å². The topological polar surface area (TPSA) is 63.6 Å². The van der Waals surface area contributed by atoms with Crippen LogP contribution in [-0.2, 0) is 14.3 Å². The lowest BCUT2D eigenvalue weighted by Gasteiger charge is -2.17. The number of unbranched alkanes of at least 4 members (excludes halogenated alkanes) is 11. The molecule has 0 aliphatic rings. The molecule has 1 unspecified atom stereocenters. The van der Waals surface area contributed by atoms with Crippen molar-refractivity contribution in [1.82, 2.24) is 0 Å². The predicted octanol–water partition coefficient (Wildman–Crippen LogP) is 6.26. The van der Waals surface area contributed by atoms with Crippen LogP contribution in [0.15, 0.2) is 0 Å². The first kappa shape index (κ1) is 23.9. The van der Waals surface area contributed by atoms with Crippen molar-refractivity contribution < 1.29 is 19.4 Å². The lowest BCUT2D eigenvalue weighted by atomic mass is 10.0. The Kier molecular flexibility index (Phi) is 17.0. The SMILES string of the molecule is CCCCCCCCCC(CCCCCCCC)OC(=O)CC(=O)O. The number of carbonyl (C=O) groups is 2. The smallest absolute Gasteiger partial charge is 0.317 e. The maximum Gasteiger partial charge on any atom is 0.317 e. The molecule has 0 bridgehead atoms. The fraction of sp³-hybridized carbons (Fsp3) is 0.905. The summed E-state index contributed by atoms with van der Waals surface area (Å²) in [6.45, 7) is 4.43. The molecule has 1 N–H and O–H groups in total. The zero-order chi connectivity index (χ0) is 18.8. The highest BCUT2D eigenvalue weighted by molar-refractivity contribution is 5.90. The zero-order valence-corrected chi connectivity index (χ0v) is 16.6. The van der Waals surface area contributed by atoms with E-state index in [1.54, 1.807) is 0 Å². The Hall–Kier alpha value is -1.06. The van der Waals surface area contributed by atoms with Crippen molar-refractivity contribution in [3.05, 3.63) is 0 Å². The van der Waals surface area contributed by atoms with Crippen LogP contribution in [0.3, 0.4) is 0 Å². The van der Waals surface area contributed by atoms with Gasteiger partial charge in [-0.2, -0.15) is 0 Å². The highest BCUT2D eigenvalue weighted by atomic mass is 16.5. The van der Waals surface area contributed by atoms with Crippen molar-refractivity contribution >= 4 is 11.9 Å². The molecular weight excluding hydrogens is 316 g/mol. The highest BCUT2D eigenvalue weighted by Gasteiger charge is 2.16. The number of rotatable bonds is 18. The minimum atomic E-state index is -1.11. The summed E-state index contributed by atoms with van der Waals surface area (Å²) in [4.78, 5) is 22.3. The van der Waals surface area contributed by atoms with Crippen LogP contribution in [0.2, 0.25) is 0 Å². The maximum absolute atomic E-state index is 11.6. The molecule has 0 fully saturated rings. The first-order chi connectivity index (χ1) is 12.1. The van der Waals surface area contributed by atoms with Gasteiger partial charge in [0, 0.05) is 0 Å². The van der Waals surface area contributed by atoms with Crippen molar-refractivity contribution in [2.75, 3.05) is 0 Å². The summed E-state index contributed by atoms with van der Waals surface area (Å²) < 4.78 is 5.41. The Labute approximate surface area is 154 Å². The molecule has 0 aromatic rings. The summed E-state index contributed by atoms with van der Waals surface area (Å²) >= 11 is 0. The monoisotopic (exact) mass is 356 g/mol. The number of hydrogen-bond donors (Lipinski definition) is 1. The molecule has 0 aromatic heterocycles. The van der Waals surface area contributed by atoms with Gasteiger partial charge in [0.25, 0.3) is 0 Å². The molecule has 0 rings (SSSR count). The van der Waals surface area contributed by atoms with Gasteiger partial charge in [-0.05, 0) is 25.7 Å². The zero-order valence-electron chi connectivity index (χ0n) is 16.6. The van der Waals surface area contributed by atoms with E-state index in [0.717, 1.165) is 25.7 Å². The standard InChI is InChI=1S/C21H40O4/c1-3-5-7-9-11-13-15-17-19(25-21(24)18-20(22)23)16-14-12-10-8-6-4-2/h19H,3-18H2,1-2H3,(H,22,23). The Morgan fingerprint density at radius 3 is 1.52 bits per heavy atom. The highest BCUT2D eigenvalue weighted by Crippen LogP contribution is 2.17. The van der Waals surface area contributed by atoms with Gasteiger partial charge in [-0.3, -0.25) is 9.59 Å². The Bertz CT molecular complexity index is 328. The van der Waals surface area contributed by atoms with E-state index in [1.807, 2.05) is 0 Å². The third kappa shape index (κ3) is 17.6. The van der Waals surface area contributed by atoms with E-state index in [4.69, 9.17) is 9.84 Å². The number of carboxylic acid groups (broad SMARTS) is 1. The second-order valence-electron chi connectivity index (χ2n) is 7.15.